The maximum atomic E-state index is 13.1. The lowest BCUT2D eigenvalue weighted by Crippen LogP contribution is -2.37. The van der Waals surface area contributed by atoms with Crippen molar-refractivity contribution < 1.29 is 9.59 Å². The molecule has 0 unspecified atom stereocenters. The number of nitrogens with one attached hydrogen (secondary N) is 2. The number of nitrogens with zero attached hydrogens (tertiary/aromatic N) is 1. The molecule has 5 nitrogen and oxygen atoms in total. The Morgan fingerprint density at radius 2 is 1.54 bits per heavy atom. The van der Waals surface area contributed by atoms with E-state index in [2.05, 4.69) is 15.5 Å². The summed E-state index contributed by atoms with van der Waals surface area (Å²) in [6.45, 7) is 1.95. The second kappa shape index (κ2) is 8.97. The number of carbonyl (C=O) groups is 2. The predicted molar refractivity (Wildman–Crippen MR) is 113 cm³/mol. The first-order valence-electron chi connectivity index (χ1n) is 11.2. The smallest absolute Gasteiger partial charge is 0.253 e. The van der Waals surface area contributed by atoms with E-state index in [0.717, 1.165) is 68.6 Å². The van der Waals surface area contributed by atoms with Crippen LogP contribution in [0.3, 0.4) is 0 Å². The summed E-state index contributed by atoms with van der Waals surface area (Å²) in [5.41, 5.74) is 2.53. The number of hydrogen-bond acceptors (Lipinski definition) is 3. The van der Waals surface area contributed by atoms with Gasteiger partial charge in [0.05, 0.1) is 11.3 Å². The van der Waals surface area contributed by atoms with Crippen molar-refractivity contribution in [1.29, 1.82) is 0 Å². The van der Waals surface area contributed by atoms with E-state index in [-0.39, 0.29) is 17.7 Å². The molecule has 0 spiro atoms. The number of carbonyl (C=O) groups excluding carboxylic acids is 2. The van der Waals surface area contributed by atoms with E-state index in [9.17, 15) is 9.59 Å². The maximum absolute atomic E-state index is 13.1. The van der Waals surface area contributed by atoms with E-state index in [1.807, 2.05) is 18.2 Å². The number of amides is 2. The largest absolute Gasteiger partial charge is 0.371 e. The molecule has 1 heterocycles. The molecule has 1 aromatic carbocycles. The van der Waals surface area contributed by atoms with E-state index in [4.69, 9.17) is 0 Å². The van der Waals surface area contributed by atoms with Crippen molar-refractivity contribution in [2.24, 2.45) is 5.92 Å². The van der Waals surface area contributed by atoms with E-state index < -0.39 is 0 Å². The molecule has 0 aromatic heterocycles. The molecule has 0 radical (unpaired) electrons. The lowest BCUT2D eigenvalue weighted by molar-refractivity contribution is -0.117. The summed E-state index contributed by atoms with van der Waals surface area (Å²) in [5.74, 6) is 0.323. The molecule has 5 heteroatoms. The van der Waals surface area contributed by atoms with Gasteiger partial charge in [-0.3, -0.25) is 9.59 Å². The van der Waals surface area contributed by atoms with Gasteiger partial charge in [0.25, 0.3) is 5.91 Å². The standard InChI is InChI=1S/C23H33N3O2/c27-22(17-10-11-17)25-19-12-13-20(23(28)24-18-8-4-3-5-9-18)21(16-19)26-14-6-1-2-7-15-26/h12-13,16-18H,1-11,14-15H2,(H,24,28)(H,25,27). The molecule has 1 saturated heterocycles. The fourth-order valence-electron chi connectivity index (χ4n) is 4.47. The van der Waals surface area contributed by atoms with Crippen LogP contribution >= 0.6 is 0 Å². The highest BCUT2D eigenvalue weighted by Gasteiger charge is 2.30. The Bertz CT molecular complexity index is 700. The van der Waals surface area contributed by atoms with Crippen LogP contribution in [-0.2, 0) is 4.79 Å². The fourth-order valence-corrected chi connectivity index (χ4v) is 4.47. The van der Waals surface area contributed by atoms with E-state index in [1.54, 1.807) is 0 Å². The van der Waals surface area contributed by atoms with Gasteiger partial charge in [-0.15, -0.1) is 0 Å². The molecule has 3 fully saturated rings. The summed E-state index contributed by atoms with van der Waals surface area (Å²) >= 11 is 0. The Morgan fingerprint density at radius 1 is 0.857 bits per heavy atom. The third kappa shape index (κ3) is 4.86. The van der Waals surface area contributed by atoms with E-state index >= 15 is 0 Å². The van der Waals surface area contributed by atoms with Gasteiger partial charge < -0.3 is 15.5 Å². The monoisotopic (exact) mass is 383 g/mol. The first-order valence-corrected chi connectivity index (χ1v) is 11.2. The summed E-state index contributed by atoms with van der Waals surface area (Å²) in [7, 11) is 0. The van der Waals surface area contributed by atoms with Crippen molar-refractivity contribution in [3.8, 4) is 0 Å². The van der Waals surface area contributed by atoms with Crippen LogP contribution in [0.25, 0.3) is 0 Å². The van der Waals surface area contributed by atoms with Crippen molar-refractivity contribution >= 4 is 23.2 Å². The van der Waals surface area contributed by atoms with Gasteiger partial charge in [0.2, 0.25) is 5.91 Å². The van der Waals surface area contributed by atoms with Crippen LogP contribution in [0.1, 0.15) is 81.0 Å². The lowest BCUT2D eigenvalue weighted by atomic mass is 9.95. The minimum atomic E-state index is 0.0335. The molecule has 1 aromatic rings. The molecule has 1 aliphatic heterocycles. The molecule has 28 heavy (non-hydrogen) atoms. The Balaban J connectivity index is 1.55. The average molecular weight is 384 g/mol. The van der Waals surface area contributed by atoms with Gasteiger partial charge >= 0.3 is 0 Å². The first-order chi connectivity index (χ1) is 13.7. The van der Waals surface area contributed by atoms with Gasteiger partial charge in [-0.1, -0.05) is 32.1 Å². The SMILES string of the molecule is O=C(NC1CCCCC1)c1ccc(NC(=O)C2CC2)cc1N1CCCCCC1. The van der Waals surface area contributed by atoms with Crippen molar-refractivity contribution in [3.63, 3.8) is 0 Å². The van der Waals surface area contributed by atoms with Crippen LogP contribution in [0.4, 0.5) is 11.4 Å². The molecule has 0 atom stereocenters. The van der Waals surface area contributed by atoms with Crippen LogP contribution < -0.4 is 15.5 Å². The summed E-state index contributed by atoms with van der Waals surface area (Å²) in [6, 6.07) is 6.10. The minimum absolute atomic E-state index is 0.0335. The second-order valence-corrected chi connectivity index (χ2v) is 8.71. The third-order valence-corrected chi connectivity index (χ3v) is 6.35. The Labute approximate surface area is 168 Å². The quantitative estimate of drug-likeness (QED) is 0.788. The Hall–Kier alpha value is -2.04. The fraction of sp³-hybridized carbons (Fsp3) is 0.652. The highest BCUT2D eigenvalue weighted by molar-refractivity contribution is 6.02. The average Bonchev–Trinajstić information content (AvgIpc) is 3.56. The number of rotatable bonds is 5. The van der Waals surface area contributed by atoms with Gasteiger partial charge in [-0.25, -0.2) is 0 Å². The zero-order valence-electron chi connectivity index (χ0n) is 16.8. The predicted octanol–water partition coefficient (Wildman–Crippen LogP) is 4.48. The van der Waals surface area contributed by atoms with E-state index in [1.165, 1.54) is 32.1 Å². The van der Waals surface area contributed by atoms with Crippen molar-refractivity contribution in [1.82, 2.24) is 5.32 Å². The number of hydrogen-bond donors (Lipinski definition) is 2. The zero-order valence-corrected chi connectivity index (χ0v) is 16.8. The van der Waals surface area contributed by atoms with Gasteiger partial charge in [-0.05, 0) is 56.7 Å². The molecule has 2 N–H and O–H groups in total. The molecule has 0 bridgehead atoms. The molecule has 152 valence electrons. The van der Waals surface area contributed by atoms with Crippen LogP contribution in [0.2, 0.25) is 0 Å². The lowest BCUT2D eigenvalue weighted by Gasteiger charge is -2.28. The molecule has 2 aliphatic carbocycles. The highest BCUT2D eigenvalue weighted by atomic mass is 16.2. The summed E-state index contributed by atoms with van der Waals surface area (Å²) in [5, 5.41) is 6.31. The van der Waals surface area contributed by atoms with Crippen molar-refractivity contribution in [2.45, 2.75) is 76.7 Å². The Kier molecular flexibility index (Phi) is 6.18. The second-order valence-electron chi connectivity index (χ2n) is 8.71. The molecule has 2 amide bonds. The van der Waals surface area contributed by atoms with Gasteiger partial charge in [0.15, 0.2) is 0 Å². The topological polar surface area (TPSA) is 61.4 Å². The van der Waals surface area contributed by atoms with Gasteiger partial charge in [0.1, 0.15) is 0 Å². The minimum Gasteiger partial charge on any atom is -0.371 e. The van der Waals surface area contributed by atoms with E-state index in [0.29, 0.717) is 6.04 Å². The number of benzene rings is 1. The molecular formula is C23H33N3O2. The normalized spacial score (nSPS) is 21.1. The maximum Gasteiger partial charge on any atom is 0.253 e. The first kappa shape index (κ1) is 19.3. The van der Waals surface area contributed by atoms with Crippen LogP contribution in [0, 0.1) is 5.92 Å². The molecule has 3 aliphatic rings. The summed E-state index contributed by atoms with van der Waals surface area (Å²) < 4.78 is 0. The molecular weight excluding hydrogens is 350 g/mol. The molecule has 4 rings (SSSR count). The molecule has 2 saturated carbocycles. The van der Waals surface area contributed by atoms with Gasteiger partial charge in [0, 0.05) is 30.7 Å². The van der Waals surface area contributed by atoms with Crippen LogP contribution in [-0.4, -0.2) is 30.9 Å². The van der Waals surface area contributed by atoms with Crippen LogP contribution in [0.15, 0.2) is 18.2 Å². The zero-order chi connectivity index (χ0) is 19.3. The Morgan fingerprint density at radius 3 is 2.21 bits per heavy atom. The number of anilines is 2. The third-order valence-electron chi connectivity index (χ3n) is 6.35. The van der Waals surface area contributed by atoms with Crippen molar-refractivity contribution in [3.05, 3.63) is 23.8 Å². The summed E-state index contributed by atoms with van der Waals surface area (Å²) in [6.07, 6.45) is 12.6. The van der Waals surface area contributed by atoms with Crippen LogP contribution in [0.5, 0.6) is 0 Å². The van der Waals surface area contributed by atoms with Gasteiger partial charge in [-0.2, -0.15) is 0 Å². The summed E-state index contributed by atoms with van der Waals surface area (Å²) in [4.78, 5) is 27.6. The highest BCUT2D eigenvalue weighted by Crippen LogP contribution is 2.32. The van der Waals surface area contributed by atoms with Crippen molar-refractivity contribution in [2.75, 3.05) is 23.3 Å².